The Morgan fingerprint density at radius 1 is 1.19 bits per heavy atom. The van der Waals surface area contributed by atoms with Crippen LogP contribution in [-0.2, 0) is 11.2 Å². The Morgan fingerprint density at radius 2 is 2.08 bits per heavy atom. The summed E-state index contributed by atoms with van der Waals surface area (Å²) < 4.78 is 5.96. The number of nitrogens with one attached hydrogen (secondary N) is 1. The van der Waals surface area contributed by atoms with E-state index in [2.05, 4.69) is 21.4 Å². The molecule has 26 heavy (non-hydrogen) atoms. The van der Waals surface area contributed by atoms with Gasteiger partial charge in [0.1, 0.15) is 17.4 Å². The molecule has 0 fully saturated rings. The molecule has 6 nitrogen and oxygen atoms in total. The molecule has 0 unspecified atom stereocenters. The molecule has 2 aromatic heterocycles. The van der Waals surface area contributed by atoms with Crippen LogP contribution in [-0.4, -0.2) is 22.4 Å². The Balaban J connectivity index is 1.55. The lowest BCUT2D eigenvalue weighted by atomic mass is 10.1. The van der Waals surface area contributed by atoms with E-state index in [1.54, 1.807) is 11.8 Å². The summed E-state index contributed by atoms with van der Waals surface area (Å²) in [6, 6.07) is 13.8. The summed E-state index contributed by atoms with van der Waals surface area (Å²) in [6.07, 6.45) is 2.39. The number of aromatic nitrogens is 2. The molecule has 1 aliphatic heterocycles. The molecule has 0 atom stereocenters. The quantitative estimate of drug-likeness (QED) is 0.594. The first-order valence-corrected chi connectivity index (χ1v) is 8.51. The average molecular weight is 344 g/mol. The number of carbonyl (C=O) groups is 1. The van der Waals surface area contributed by atoms with Gasteiger partial charge in [0.2, 0.25) is 5.91 Å². The highest BCUT2D eigenvalue weighted by Crippen LogP contribution is 2.34. The van der Waals surface area contributed by atoms with Crippen LogP contribution < -0.4 is 10.2 Å². The number of fused-ring (bicyclic) bond motifs is 4. The molecule has 1 N–H and O–H groups in total. The van der Waals surface area contributed by atoms with Gasteiger partial charge in [-0.2, -0.15) is 0 Å². The normalized spacial score (nSPS) is 13.3. The summed E-state index contributed by atoms with van der Waals surface area (Å²) in [5, 5.41) is 4.30. The molecule has 0 aliphatic carbocycles. The van der Waals surface area contributed by atoms with Crippen molar-refractivity contribution in [1.82, 2.24) is 9.97 Å². The van der Waals surface area contributed by atoms with Crippen molar-refractivity contribution >= 4 is 45.2 Å². The molecule has 0 spiro atoms. The fourth-order valence-corrected chi connectivity index (χ4v) is 3.56. The van der Waals surface area contributed by atoms with Crippen molar-refractivity contribution in [2.75, 3.05) is 16.8 Å². The first-order chi connectivity index (χ1) is 12.7. The van der Waals surface area contributed by atoms with Gasteiger partial charge < -0.3 is 14.6 Å². The highest BCUT2D eigenvalue weighted by molar-refractivity contribution is 6.05. The molecule has 1 aliphatic rings. The predicted octanol–water partition coefficient (Wildman–Crippen LogP) is 4.03. The lowest BCUT2D eigenvalue weighted by Crippen LogP contribution is -2.25. The molecule has 3 heterocycles. The van der Waals surface area contributed by atoms with Crippen LogP contribution in [0.15, 0.2) is 53.2 Å². The maximum atomic E-state index is 11.7. The highest BCUT2D eigenvalue weighted by atomic mass is 16.3. The molecule has 0 radical (unpaired) electrons. The summed E-state index contributed by atoms with van der Waals surface area (Å²) in [5.41, 5.74) is 5.27. The van der Waals surface area contributed by atoms with Crippen LogP contribution in [0.5, 0.6) is 0 Å². The maximum Gasteiger partial charge on any atom is 0.223 e. The smallest absolute Gasteiger partial charge is 0.223 e. The minimum absolute atomic E-state index is 0.0734. The van der Waals surface area contributed by atoms with Crippen LogP contribution in [0.1, 0.15) is 12.5 Å². The van der Waals surface area contributed by atoms with Gasteiger partial charge in [-0.25, -0.2) is 9.97 Å². The number of para-hydroxylation sites is 1. The van der Waals surface area contributed by atoms with Crippen molar-refractivity contribution in [2.45, 2.75) is 13.3 Å². The molecule has 5 rings (SSSR count). The minimum Gasteiger partial charge on any atom is -0.450 e. The molecular weight excluding hydrogens is 328 g/mol. The standard InChI is InChI=1S/C20H16N4O2/c1-12(25)24-9-8-13-10-14(6-7-16(13)24)23-20-19-18(21-11-22-20)15-4-2-3-5-17(15)26-19/h2-7,10-11H,8-9H2,1H3,(H,21,22,23). The molecule has 0 bridgehead atoms. The highest BCUT2D eigenvalue weighted by Gasteiger charge is 2.22. The zero-order valence-corrected chi connectivity index (χ0v) is 14.2. The largest absolute Gasteiger partial charge is 0.450 e. The average Bonchev–Trinajstić information content (AvgIpc) is 3.23. The molecular formula is C20H16N4O2. The van der Waals surface area contributed by atoms with Gasteiger partial charge in [0.25, 0.3) is 0 Å². The second kappa shape index (κ2) is 5.56. The van der Waals surface area contributed by atoms with Gasteiger partial charge in [0.15, 0.2) is 11.4 Å². The van der Waals surface area contributed by atoms with Crippen LogP contribution in [0.4, 0.5) is 17.2 Å². The van der Waals surface area contributed by atoms with Crippen LogP contribution in [0, 0.1) is 0 Å². The Kier molecular flexibility index (Phi) is 3.18. The maximum absolute atomic E-state index is 11.7. The number of carbonyl (C=O) groups excluding carboxylic acids is 1. The zero-order chi connectivity index (χ0) is 17.7. The third kappa shape index (κ3) is 2.23. The van der Waals surface area contributed by atoms with Gasteiger partial charge >= 0.3 is 0 Å². The fourth-order valence-electron chi connectivity index (χ4n) is 3.56. The molecule has 0 saturated heterocycles. The van der Waals surface area contributed by atoms with Crippen molar-refractivity contribution in [1.29, 1.82) is 0 Å². The van der Waals surface area contributed by atoms with Crippen LogP contribution in [0.25, 0.3) is 22.1 Å². The topological polar surface area (TPSA) is 71.3 Å². The van der Waals surface area contributed by atoms with Gasteiger partial charge in [-0.05, 0) is 42.3 Å². The molecule has 6 heteroatoms. The third-order valence-electron chi connectivity index (χ3n) is 4.78. The number of furan rings is 1. The van der Waals surface area contributed by atoms with Gasteiger partial charge in [0.05, 0.1) is 0 Å². The lowest BCUT2D eigenvalue weighted by Gasteiger charge is -2.15. The van der Waals surface area contributed by atoms with E-state index >= 15 is 0 Å². The van der Waals surface area contributed by atoms with Gasteiger partial charge in [-0.15, -0.1) is 0 Å². The third-order valence-corrected chi connectivity index (χ3v) is 4.78. The number of nitrogens with zero attached hydrogens (tertiary/aromatic N) is 3. The van der Waals surface area contributed by atoms with Gasteiger partial charge in [-0.3, -0.25) is 4.79 Å². The van der Waals surface area contributed by atoms with E-state index in [4.69, 9.17) is 4.42 Å². The number of benzene rings is 2. The summed E-state index contributed by atoms with van der Waals surface area (Å²) in [7, 11) is 0. The first-order valence-electron chi connectivity index (χ1n) is 8.51. The van der Waals surface area contributed by atoms with E-state index in [9.17, 15) is 4.79 Å². The Morgan fingerprint density at radius 3 is 2.96 bits per heavy atom. The summed E-state index contributed by atoms with van der Waals surface area (Å²) in [4.78, 5) is 22.2. The van der Waals surface area contributed by atoms with Crippen molar-refractivity contribution in [2.24, 2.45) is 0 Å². The molecule has 1 amide bonds. The minimum atomic E-state index is 0.0734. The second-order valence-corrected chi connectivity index (χ2v) is 6.39. The Hall–Kier alpha value is -3.41. The summed E-state index contributed by atoms with van der Waals surface area (Å²) >= 11 is 0. The first kappa shape index (κ1) is 14.9. The number of hydrogen-bond donors (Lipinski definition) is 1. The Labute approximate surface area is 149 Å². The van der Waals surface area contributed by atoms with E-state index in [0.717, 1.165) is 46.4 Å². The fraction of sp³-hybridized carbons (Fsp3) is 0.150. The van der Waals surface area contributed by atoms with E-state index in [-0.39, 0.29) is 5.91 Å². The van der Waals surface area contributed by atoms with Gasteiger partial charge in [-0.1, -0.05) is 12.1 Å². The predicted molar refractivity (Wildman–Crippen MR) is 101 cm³/mol. The van der Waals surface area contributed by atoms with Crippen LogP contribution in [0.3, 0.4) is 0 Å². The van der Waals surface area contributed by atoms with Gasteiger partial charge in [0, 0.05) is 30.2 Å². The van der Waals surface area contributed by atoms with Crippen molar-refractivity contribution in [3.63, 3.8) is 0 Å². The van der Waals surface area contributed by atoms with Crippen molar-refractivity contribution in [3.8, 4) is 0 Å². The van der Waals surface area contributed by atoms with E-state index in [1.165, 1.54) is 6.33 Å². The van der Waals surface area contributed by atoms with Crippen molar-refractivity contribution < 1.29 is 9.21 Å². The molecule has 0 saturated carbocycles. The monoisotopic (exact) mass is 344 g/mol. The molecule has 4 aromatic rings. The summed E-state index contributed by atoms with van der Waals surface area (Å²) in [6.45, 7) is 2.33. The number of hydrogen-bond acceptors (Lipinski definition) is 5. The van der Waals surface area contributed by atoms with Crippen molar-refractivity contribution in [3.05, 3.63) is 54.4 Å². The van der Waals surface area contributed by atoms with E-state index in [0.29, 0.717) is 11.4 Å². The van der Waals surface area contributed by atoms with E-state index in [1.807, 2.05) is 36.4 Å². The van der Waals surface area contributed by atoms with Crippen LogP contribution in [0.2, 0.25) is 0 Å². The molecule has 2 aromatic carbocycles. The summed E-state index contributed by atoms with van der Waals surface area (Å²) in [5.74, 6) is 0.705. The van der Waals surface area contributed by atoms with Crippen LogP contribution >= 0.6 is 0 Å². The molecule has 128 valence electrons. The SMILES string of the molecule is CC(=O)N1CCc2cc(Nc3ncnc4c3oc3ccccc34)ccc21. The Bertz CT molecular complexity index is 1170. The van der Waals surface area contributed by atoms with E-state index < -0.39 is 0 Å². The second-order valence-electron chi connectivity index (χ2n) is 6.39. The number of rotatable bonds is 2. The lowest BCUT2D eigenvalue weighted by molar-refractivity contribution is -0.116. The zero-order valence-electron chi connectivity index (χ0n) is 14.2. The number of anilines is 3. The number of amides is 1.